The summed E-state index contributed by atoms with van der Waals surface area (Å²) in [7, 11) is 5.25. The summed E-state index contributed by atoms with van der Waals surface area (Å²) in [4.78, 5) is 19.1. The fourth-order valence-electron chi connectivity index (χ4n) is 3.82. The van der Waals surface area contributed by atoms with Crippen LogP contribution in [0.3, 0.4) is 0 Å². The summed E-state index contributed by atoms with van der Waals surface area (Å²) in [5, 5.41) is 3.00. The molecule has 0 saturated carbocycles. The number of ether oxygens (including phenoxy) is 2. The topological polar surface area (TPSA) is 68.6 Å². The molecule has 0 saturated heterocycles. The molecule has 1 aromatic heterocycles. The van der Waals surface area contributed by atoms with Gasteiger partial charge in [-0.05, 0) is 47.9 Å². The van der Waals surface area contributed by atoms with Crippen molar-refractivity contribution in [3.63, 3.8) is 0 Å². The van der Waals surface area contributed by atoms with Crippen LogP contribution in [0.15, 0.2) is 36.7 Å². The number of rotatable bonds is 6. The Morgan fingerprint density at radius 3 is 2.66 bits per heavy atom. The van der Waals surface area contributed by atoms with E-state index in [0.29, 0.717) is 13.0 Å². The highest BCUT2D eigenvalue weighted by molar-refractivity contribution is 5.93. The number of fused-ring (bicyclic) bond motifs is 2. The fraction of sp³-hybridized carbons (Fsp3) is 0.364. The van der Waals surface area contributed by atoms with E-state index < -0.39 is 0 Å². The molecule has 1 aliphatic heterocycles. The first-order valence-corrected chi connectivity index (χ1v) is 9.74. The molecule has 7 nitrogen and oxygen atoms in total. The van der Waals surface area contributed by atoms with E-state index in [1.807, 2.05) is 35.9 Å². The number of benzene rings is 2. The van der Waals surface area contributed by atoms with E-state index in [1.165, 1.54) is 11.1 Å². The van der Waals surface area contributed by atoms with Crippen molar-refractivity contribution in [2.45, 2.75) is 19.4 Å². The third-order valence-corrected chi connectivity index (χ3v) is 5.46. The van der Waals surface area contributed by atoms with E-state index in [2.05, 4.69) is 21.3 Å². The Hall–Kier alpha value is -3.06. The Bertz CT molecular complexity index is 1040. The number of anilines is 1. The molecule has 7 heteroatoms. The van der Waals surface area contributed by atoms with E-state index in [-0.39, 0.29) is 5.91 Å². The predicted octanol–water partition coefficient (Wildman–Crippen LogP) is 2.98. The van der Waals surface area contributed by atoms with Gasteiger partial charge in [-0.1, -0.05) is 0 Å². The van der Waals surface area contributed by atoms with Gasteiger partial charge < -0.3 is 19.4 Å². The summed E-state index contributed by atoms with van der Waals surface area (Å²) in [6.45, 7) is 2.45. The molecule has 0 fully saturated rings. The van der Waals surface area contributed by atoms with Gasteiger partial charge in [-0.2, -0.15) is 0 Å². The number of amides is 1. The molecule has 1 N–H and O–H groups in total. The molecule has 2 aromatic carbocycles. The van der Waals surface area contributed by atoms with Crippen LogP contribution >= 0.6 is 0 Å². The Labute approximate surface area is 170 Å². The number of nitrogens with zero attached hydrogens (tertiary/aromatic N) is 3. The Kier molecular flexibility index (Phi) is 5.40. The molecule has 1 aliphatic rings. The van der Waals surface area contributed by atoms with Gasteiger partial charge in [0.05, 0.1) is 31.6 Å². The highest BCUT2D eigenvalue weighted by Crippen LogP contribution is 2.33. The van der Waals surface area contributed by atoms with E-state index in [0.717, 1.165) is 47.7 Å². The van der Waals surface area contributed by atoms with Crippen LogP contribution < -0.4 is 14.8 Å². The van der Waals surface area contributed by atoms with Gasteiger partial charge in [0, 0.05) is 38.8 Å². The lowest BCUT2D eigenvalue weighted by Gasteiger charge is -2.29. The molecule has 4 rings (SSSR count). The van der Waals surface area contributed by atoms with Gasteiger partial charge in [0.2, 0.25) is 5.91 Å². The maximum absolute atomic E-state index is 12.4. The van der Waals surface area contributed by atoms with Crippen molar-refractivity contribution in [3.8, 4) is 11.5 Å². The van der Waals surface area contributed by atoms with Crippen molar-refractivity contribution in [1.29, 1.82) is 0 Å². The van der Waals surface area contributed by atoms with Gasteiger partial charge in [-0.25, -0.2) is 4.98 Å². The Morgan fingerprint density at radius 2 is 1.90 bits per heavy atom. The highest BCUT2D eigenvalue weighted by atomic mass is 16.5. The van der Waals surface area contributed by atoms with Gasteiger partial charge in [0.15, 0.2) is 11.5 Å². The van der Waals surface area contributed by atoms with Crippen LogP contribution in [0.25, 0.3) is 11.0 Å². The minimum Gasteiger partial charge on any atom is -0.493 e. The smallest absolute Gasteiger partial charge is 0.225 e. The molecule has 2 heterocycles. The van der Waals surface area contributed by atoms with Crippen molar-refractivity contribution in [1.82, 2.24) is 14.5 Å². The molecule has 0 aliphatic carbocycles. The number of carbonyl (C=O) groups excluding carboxylic acids is 1. The van der Waals surface area contributed by atoms with Crippen LogP contribution in [-0.4, -0.2) is 47.7 Å². The average molecular weight is 394 g/mol. The SMILES string of the molecule is COc1cc2c(cc1OC)CN(CCC(=O)Nc1ccc3ncn(C)c3c1)CC2. The number of hydrogen-bond donors (Lipinski definition) is 1. The largest absolute Gasteiger partial charge is 0.493 e. The number of aryl methyl sites for hydroxylation is 1. The van der Waals surface area contributed by atoms with Crippen LogP contribution in [0, 0.1) is 0 Å². The lowest BCUT2D eigenvalue weighted by molar-refractivity contribution is -0.116. The first-order valence-electron chi connectivity index (χ1n) is 9.74. The monoisotopic (exact) mass is 394 g/mol. The minimum atomic E-state index is 0.0182. The lowest BCUT2D eigenvalue weighted by Crippen LogP contribution is -2.33. The van der Waals surface area contributed by atoms with Crippen LogP contribution in [0.4, 0.5) is 5.69 Å². The van der Waals surface area contributed by atoms with Crippen molar-refractivity contribution < 1.29 is 14.3 Å². The van der Waals surface area contributed by atoms with E-state index in [9.17, 15) is 4.79 Å². The summed E-state index contributed by atoms with van der Waals surface area (Å²) >= 11 is 0. The number of hydrogen-bond acceptors (Lipinski definition) is 5. The number of imidazole rings is 1. The molecule has 0 radical (unpaired) electrons. The summed E-state index contributed by atoms with van der Waals surface area (Å²) in [5.74, 6) is 1.53. The van der Waals surface area contributed by atoms with Crippen LogP contribution in [0.2, 0.25) is 0 Å². The van der Waals surface area contributed by atoms with Crippen molar-refractivity contribution in [3.05, 3.63) is 47.8 Å². The van der Waals surface area contributed by atoms with Crippen LogP contribution in [0.5, 0.6) is 11.5 Å². The zero-order valence-electron chi connectivity index (χ0n) is 17.1. The quantitative estimate of drug-likeness (QED) is 0.696. The van der Waals surface area contributed by atoms with Crippen molar-refractivity contribution in [2.24, 2.45) is 7.05 Å². The molecular formula is C22H26N4O3. The van der Waals surface area contributed by atoms with Crippen LogP contribution in [-0.2, 0) is 24.8 Å². The fourth-order valence-corrected chi connectivity index (χ4v) is 3.82. The van der Waals surface area contributed by atoms with E-state index >= 15 is 0 Å². The highest BCUT2D eigenvalue weighted by Gasteiger charge is 2.20. The number of methoxy groups -OCH3 is 2. The maximum atomic E-state index is 12.4. The number of carbonyl (C=O) groups is 1. The number of nitrogens with one attached hydrogen (secondary N) is 1. The number of aromatic nitrogens is 2. The molecule has 3 aromatic rings. The third-order valence-electron chi connectivity index (χ3n) is 5.46. The average Bonchev–Trinajstić information content (AvgIpc) is 3.11. The normalized spacial score (nSPS) is 13.9. The lowest BCUT2D eigenvalue weighted by atomic mass is 9.98. The standard InChI is InChI=1S/C22H26N4O3/c1-25-14-23-18-5-4-17(12-19(18)25)24-22(27)7-9-26-8-6-15-10-20(28-2)21(29-3)11-16(15)13-26/h4-5,10-12,14H,6-9,13H2,1-3H3,(H,24,27). The first kappa shape index (κ1) is 19.3. The molecular weight excluding hydrogens is 368 g/mol. The minimum absolute atomic E-state index is 0.0182. The van der Waals surface area contributed by atoms with E-state index in [4.69, 9.17) is 9.47 Å². The van der Waals surface area contributed by atoms with Crippen LogP contribution in [0.1, 0.15) is 17.5 Å². The molecule has 0 atom stereocenters. The van der Waals surface area contributed by atoms with Gasteiger partial charge in [0.1, 0.15) is 0 Å². The zero-order valence-corrected chi connectivity index (χ0v) is 17.1. The second kappa shape index (κ2) is 8.13. The summed E-state index contributed by atoms with van der Waals surface area (Å²) in [5.41, 5.74) is 5.24. The molecule has 0 unspecified atom stereocenters. The molecule has 152 valence electrons. The molecule has 0 spiro atoms. The third kappa shape index (κ3) is 4.05. The Balaban J connectivity index is 1.35. The van der Waals surface area contributed by atoms with Gasteiger partial charge in [-0.15, -0.1) is 0 Å². The van der Waals surface area contributed by atoms with Gasteiger partial charge >= 0.3 is 0 Å². The summed E-state index contributed by atoms with van der Waals surface area (Å²) in [6.07, 6.45) is 3.16. The van der Waals surface area contributed by atoms with Gasteiger partial charge in [0.25, 0.3) is 0 Å². The zero-order chi connectivity index (χ0) is 20.4. The second-order valence-electron chi connectivity index (χ2n) is 7.36. The summed E-state index contributed by atoms with van der Waals surface area (Å²) < 4.78 is 12.8. The molecule has 29 heavy (non-hydrogen) atoms. The maximum Gasteiger partial charge on any atom is 0.225 e. The van der Waals surface area contributed by atoms with Gasteiger partial charge in [-0.3, -0.25) is 9.69 Å². The van der Waals surface area contributed by atoms with E-state index in [1.54, 1.807) is 20.5 Å². The molecule has 1 amide bonds. The van der Waals surface area contributed by atoms with Crippen molar-refractivity contribution >= 4 is 22.6 Å². The summed E-state index contributed by atoms with van der Waals surface area (Å²) in [6, 6.07) is 9.88. The molecule has 0 bridgehead atoms. The predicted molar refractivity (Wildman–Crippen MR) is 112 cm³/mol. The van der Waals surface area contributed by atoms with Crippen molar-refractivity contribution in [2.75, 3.05) is 32.6 Å². The Morgan fingerprint density at radius 1 is 1.14 bits per heavy atom. The second-order valence-corrected chi connectivity index (χ2v) is 7.36. The first-order chi connectivity index (χ1) is 14.1.